The molecule has 1 aliphatic heterocycles. The van der Waals surface area contributed by atoms with E-state index in [9.17, 15) is 0 Å². The second-order valence-corrected chi connectivity index (χ2v) is 4.52. The minimum Gasteiger partial charge on any atom is -0.378 e. The molecule has 0 saturated carbocycles. The molecule has 1 atom stereocenters. The maximum absolute atomic E-state index is 5.67. The van der Waals surface area contributed by atoms with E-state index in [4.69, 9.17) is 4.74 Å². The van der Waals surface area contributed by atoms with Crippen molar-refractivity contribution in [3.8, 4) is 0 Å². The normalized spacial score (nSPS) is 20.4. The molecule has 1 nitrogen and oxygen atoms in total. The summed E-state index contributed by atoms with van der Waals surface area (Å²) in [5.74, 6) is 0. The van der Waals surface area contributed by atoms with Gasteiger partial charge in [-0.15, -0.1) is 0 Å². The van der Waals surface area contributed by atoms with Gasteiger partial charge in [-0.05, 0) is 35.6 Å². The molecule has 1 fully saturated rings. The molecule has 82 valence electrons. The third kappa shape index (κ3) is 1.96. The van der Waals surface area contributed by atoms with Crippen LogP contribution in [0.3, 0.4) is 0 Å². The average molecular weight is 212 g/mol. The summed E-state index contributed by atoms with van der Waals surface area (Å²) in [4.78, 5) is 0. The van der Waals surface area contributed by atoms with Crippen LogP contribution in [0.15, 0.2) is 42.5 Å². The van der Waals surface area contributed by atoms with Crippen molar-refractivity contribution >= 4 is 10.8 Å². The zero-order valence-corrected chi connectivity index (χ0v) is 9.36. The number of fused-ring (bicyclic) bond motifs is 1. The highest BCUT2D eigenvalue weighted by Gasteiger charge is 2.15. The Hall–Kier alpha value is -1.34. The third-order valence-corrected chi connectivity index (χ3v) is 3.30. The maximum Gasteiger partial charge on any atom is 0.0616 e. The Labute approximate surface area is 96.0 Å². The van der Waals surface area contributed by atoms with Crippen LogP contribution in [0.1, 0.15) is 18.4 Å². The van der Waals surface area contributed by atoms with Gasteiger partial charge in [0.15, 0.2) is 0 Å². The fraction of sp³-hybridized carbons (Fsp3) is 0.333. The predicted molar refractivity (Wildman–Crippen MR) is 66.6 cm³/mol. The molecule has 0 amide bonds. The van der Waals surface area contributed by atoms with Crippen molar-refractivity contribution in [1.29, 1.82) is 0 Å². The van der Waals surface area contributed by atoms with Gasteiger partial charge in [0.2, 0.25) is 0 Å². The Kier molecular flexibility index (Phi) is 2.63. The van der Waals surface area contributed by atoms with Gasteiger partial charge in [0, 0.05) is 6.61 Å². The number of hydrogen-bond acceptors (Lipinski definition) is 1. The first-order valence-electron chi connectivity index (χ1n) is 6.01. The van der Waals surface area contributed by atoms with Gasteiger partial charge < -0.3 is 4.74 Å². The monoisotopic (exact) mass is 212 g/mol. The van der Waals surface area contributed by atoms with E-state index in [1.165, 1.54) is 29.2 Å². The number of ether oxygens (including phenoxy) is 1. The van der Waals surface area contributed by atoms with Crippen molar-refractivity contribution in [2.45, 2.75) is 25.4 Å². The Morgan fingerprint density at radius 2 is 1.94 bits per heavy atom. The van der Waals surface area contributed by atoms with Crippen LogP contribution in [0.25, 0.3) is 10.8 Å². The average Bonchev–Trinajstić information content (AvgIpc) is 2.82. The van der Waals surface area contributed by atoms with Crippen molar-refractivity contribution in [3.63, 3.8) is 0 Å². The minimum atomic E-state index is 0.446. The Morgan fingerprint density at radius 1 is 1.06 bits per heavy atom. The molecule has 1 heteroatoms. The van der Waals surface area contributed by atoms with Gasteiger partial charge in [-0.3, -0.25) is 0 Å². The highest BCUT2D eigenvalue weighted by atomic mass is 16.5. The molecule has 0 unspecified atom stereocenters. The minimum absolute atomic E-state index is 0.446. The fourth-order valence-electron chi connectivity index (χ4n) is 2.43. The van der Waals surface area contributed by atoms with Crippen LogP contribution in [0.5, 0.6) is 0 Å². The first kappa shape index (κ1) is 9.86. The van der Waals surface area contributed by atoms with Crippen molar-refractivity contribution in [1.82, 2.24) is 0 Å². The molecule has 0 radical (unpaired) electrons. The maximum atomic E-state index is 5.67. The van der Waals surface area contributed by atoms with Gasteiger partial charge >= 0.3 is 0 Å². The van der Waals surface area contributed by atoms with Gasteiger partial charge in [-0.2, -0.15) is 0 Å². The number of benzene rings is 2. The summed E-state index contributed by atoms with van der Waals surface area (Å²) >= 11 is 0. The molecule has 1 aliphatic rings. The summed E-state index contributed by atoms with van der Waals surface area (Å²) in [6.07, 6.45) is 3.94. The van der Waals surface area contributed by atoms with Crippen molar-refractivity contribution in [2.24, 2.45) is 0 Å². The van der Waals surface area contributed by atoms with Crippen LogP contribution in [-0.4, -0.2) is 12.7 Å². The molecular formula is C15H16O. The first-order valence-corrected chi connectivity index (χ1v) is 6.01. The quantitative estimate of drug-likeness (QED) is 0.739. The zero-order chi connectivity index (χ0) is 10.8. The van der Waals surface area contributed by atoms with E-state index in [1.54, 1.807) is 0 Å². The van der Waals surface area contributed by atoms with Gasteiger partial charge in [0.25, 0.3) is 0 Å². The van der Waals surface area contributed by atoms with Gasteiger partial charge in [-0.25, -0.2) is 0 Å². The van der Waals surface area contributed by atoms with E-state index in [-0.39, 0.29) is 0 Å². The first-order chi connectivity index (χ1) is 7.92. The predicted octanol–water partition coefficient (Wildman–Crippen LogP) is 3.56. The van der Waals surface area contributed by atoms with Gasteiger partial charge in [-0.1, -0.05) is 42.5 Å². The van der Waals surface area contributed by atoms with E-state index in [2.05, 4.69) is 42.5 Å². The highest BCUT2D eigenvalue weighted by Crippen LogP contribution is 2.20. The standard InChI is InChI=1S/C15H16O/c1-2-5-14-10-12(7-8-13(14)4-1)11-15-6-3-9-16-15/h1-2,4-5,7-8,10,15H,3,6,9,11H2/t15-/m0/s1. The molecule has 0 bridgehead atoms. The Balaban J connectivity index is 1.86. The summed E-state index contributed by atoms with van der Waals surface area (Å²) in [7, 11) is 0. The second kappa shape index (κ2) is 4.26. The molecule has 2 aromatic carbocycles. The van der Waals surface area contributed by atoms with Crippen molar-refractivity contribution < 1.29 is 4.74 Å². The second-order valence-electron chi connectivity index (χ2n) is 4.52. The molecule has 1 saturated heterocycles. The lowest BCUT2D eigenvalue weighted by molar-refractivity contribution is 0.111. The van der Waals surface area contributed by atoms with Crippen LogP contribution < -0.4 is 0 Å². The van der Waals surface area contributed by atoms with E-state index in [1.807, 2.05) is 0 Å². The van der Waals surface area contributed by atoms with E-state index in [0.29, 0.717) is 6.10 Å². The number of rotatable bonds is 2. The van der Waals surface area contributed by atoms with Crippen LogP contribution >= 0.6 is 0 Å². The van der Waals surface area contributed by atoms with Crippen LogP contribution in [0, 0.1) is 0 Å². The summed E-state index contributed by atoms with van der Waals surface area (Å²) in [6.45, 7) is 0.943. The summed E-state index contributed by atoms with van der Waals surface area (Å²) in [5, 5.41) is 2.65. The topological polar surface area (TPSA) is 9.23 Å². The van der Waals surface area contributed by atoms with Gasteiger partial charge in [0.1, 0.15) is 0 Å². The lowest BCUT2D eigenvalue weighted by Gasteiger charge is -2.09. The molecule has 2 aromatic rings. The molecule has 16 heavy (non-hydrogen) atoms. The van der Waals surface area contributed by atoms with Crippen molar-refractivity contribution in [2.75, 3.05) is 6.61 Å². The lowest BCUT2D eigenvalue weighted by Crippen LogP contribution is -2.08. The third-order valence-electron chi connectivity index (χ3n) is 3.30. The fourth-order valence-corrected chi connectivity index (χ4v) is 2.43. The molecule has 0 N–H and O–H groups in total. The number of hydrogen-bond donors (Lipinski definition) is 0. The largest absolute Gasteiger partial charge is 0.378 e. The van der Waals surface area contributed by atoms with Crippen LogP contribution in [0.2, 0.25) is 0 Å². The Bertz CT molecular complexity index is 484. The van der Waals surface area contributed by atoms with E-state index in [0.717, 1.165) is 13.0 Å². The zero-order valence-electron chi connectivity index (χ0n) is 9.36. The van der Waals surface area contributed by atoms with Crippen LogP contribution in [0.4, 0.5) is 0 Å². The lowest BCUT2D eigenvalue weighted by atomic mass is 10.0. The van der Waals surface area contributed by atoms with Crippen LogP contribution in [-0.2, 0) is 11.2 Å². The molecule has 3 rings (SSSR count). The molecular weight excluding hydrogens is 196 g/mol. The Morgan fingerprint density at radius 3 is 2.75 bits per heavy atom. The van der Waals surface area contributed by atoms with Crippen molar-refractivity contribution in [3.05, 3.63) is 48.0 Å². The summed E-state index contributed by atoms with van der Waals surface area (Å²) in [5.41, 5.74) is 1.39. The molecule has 0 aliphatic carbocycles. The molecule has 0 aromatic heterocycles. The van der Waals surface area contributed by atoms with Gasteiger partial charge in [0.05, 0.1) is 6.10 Å². The molecule has 0 spiro atoms. The SMILES string of the molecule is c1ccc2cc(C[C@@H]3CCCO3)ccc2c1. The molecule has 1 heterocycles. The summed E-state index contributed by atoms with van der Waals surface area (Å²) < 4.78 is 5.67. The van der Waals surface area contributed by atoms with E-state index >= 15 is 0 Å². The summed E-state index contributed by atoms with van der Waals surface area (Å²) in [6, 6.07) is 15.2. The van der Waals surface area contributed by atoms with E-state index < -0.39 is 0 Å². The smallest absolute Gasteiger partial charge is 0.0616 e. The highest BCUT2D eigenvalue weighted by molar-refractivity contribution is 5.82.